The Balaban J connectivity index is 1.12. The number of aromatic amines is 1. The number of aliphatic imine (C=N–C) groups is 1. The highest BCUT2D eigenvalue weighted by Crippen LogP contribution is 2.34. The van der Waals surface area contributed by atoms with Crippen LogP contribution in [-0.2, 0) is 4.79 Å². The van der Waals surface area contributed by atoms with Gasteiger partial charge in [0.2, 0.25) is 5.84 Å². The summed E-state index contributed by atoms with van der Waals surface area (Å²) in [5.74, 6) is -0.316. The number of phenols is 1. The molecule has 7 rings (SSSR count). The van der Waals surface area contributed by atoms with E-state index in [0.717, 1.165) is 33.3 Å². The highest BCUT2D eigenvalue weighted by Gasteiger charge is 2.30. The van der Waals surface area contributed by atoms with Gasteiger partial charge < -0.3 is 10.1 Å². The van der Waals surface area contributed by atoms with E-state index in [9.17, 15) is 14.7 Å². The van der Waals surface area contributed by atoms with E-state index >= 15 is 0 Å². The van der Waals surface area contributed by atoms with Crippen molar-refractivity contribution < 1.29 is 14.7 Å². The maximum absolute atomic E-state index is 13.8. The zero-order chi connectivity index (χ0) is 34.6. The fourth-order valence-corrected chi connectivity index (χ4v) is 5.72. The zero-order valence-electron chi connectivity index (χ0n) is 27.2. The van der Waals surface area contributed by atoms with Gasteiger partial charge in [0.1, 0.15) is 17.3 Å². The van der Waals surface area contributed by atoms with Crippen molar-refractivity contribution in [2.45, 2.75) is 13.8 Å². The van der Waals surface area contributed by atoms with Crippen LogP contribution in [0.1, 0.15) is 34.0 Å². The van der Waals surface area contributed by atoms with Gasteiger partial charge in [-0.3, -0.25) is 14.5 Å². The van der Waals surface area contributed by atoms with Gasteiger partial charge in [0, 0.05) is 22.0 Å². The number of fused-ring (bicyclic) bond motifs is 1. The van der Waals surface area contributed by atoms with E-state index in [-0.39, 0.29) is 17.5 Å². The predicted octanol–water partition coefficient (Wildman–Crippen LogP) is 8.53. The highest BCUT2D eigenvalue weighted by atomic mass is 16.3. The second-order valence-corrected chi connectivity index (χ2v) is 11.6. The molecule has 6 aromatic rings. The largest absolute Gasteiger partial charge is 0.507 e. The van der Waals surface area contributed by atoms with Crippen LogP contribution in [0.3, 0.4) is 0 Å². The second-order valence-electron chi connectivity index (χ2n) is 11.6. The lowest BCUT2D eigenvalue weighted by atomic mass is 10.0. The van der Waals surface area contributed by atoms with Crippen LogP contribution in [0, 0.1) is 6.92 Å². The van der Waals surface area contributed by atoms with Crippen molar-refractivity contribution in [2.75, 3.05) is 4.90 Å². The smallest absolute Gasteiger partial charge is 0.282 e. The first-order valence-corrected chi connectivity index (χ1v) is 15.9. The molecule has 10 heteroatoms. The molecule has 5 aromatic carbocycles. The average Bonchev–Trinajstić information content (AvgIpc) is 3.65. The minimum Gasteiger partial charge on any atom is -0.507 e. The lowest BCUT2D eigenvalue weighted by Gasteiger charge is -2.16. The van der Waals surface area contributed by atoms with Gasteiger partial charge in [-0.15, -0.1) is 15.3 Å². The Bertz CT molecular complexity index is 2370. The molecule has 1 aliphatic heterocycles. The molecule has 50 heavy (non-hydrogen) atoms. The Hall–Kier alpha value is -6.94. The molecule has 0 fully saturated rings. The molecule has 3 N–H and O–H groups in total. The number of amidine groups is 2. The number of benzene rings is 5. The van der Waals surface area contributed by atoms with Gasteiger partial charge in [-0.25, -0.2) is 10.4 Å². The van der Waals surface area contributed by atoms with Crippen LogP contribution in [-0.4, -0.2) is 33.6 Å². The van der Waals surface area contributed by atoms with Crippen LogP contribution in [0.25, 0.3) is 28.2 Å². The van der Waals surface area contributed by atoms with E-state index in [2.05, 4.69) is 30.7 Å². The summed E-state index contributed by atoms with van der Waals surface area (Å²) in [6.07, 6.45) is 1.82. The molecule has 0 spiro atoms. The minimum atomic E-state index is -0.512. The lowest BCUT2D eigenvalue weighted by molar-refractivity contribution is -0.113. The topological polar surface area (TPSA) is 135 Å². The van der Waals surface area contributed by atoms with E-state index in [1.54, 1.807) is 49.4 Å². The number of hydrogen-bond donors (Lipinski definition) is 3. The van der Waals surface area contributed by atoms with Gasteiger partial charge in [0.05, 0.1) is 22.6 Å². The van der Waals surface area contributed by atoms with Crippen LogP contribution in [0.2, 0.25) is 0 Å². The summed E-state index contributed by atoms with van der Waals surface area (Å²) >= 11 is 0. The van der Waals surface area contributed by atoms with Crippen molar-refractivity contribution in [3.05, 3.63) is 155 Å². The van der Waals surface area contributed by atoms with Crippen LogP contribution in [0.15, 0.2) is 153 Å². The van der Waals surface area contributed by atoms with Crippen LogP contribution in [0.5, 0.6) is 5.75 Å². The number of nitrogens with one attached hydrogen (secondary N) is 2. The summed E-state index contributed by atoms with van der Waals surface area (Å²) in [5, 5.41) is 24.2. The van der Waals surface area contributed by atoms with Gasteiger partial charge >= 0.3 is 0 Å². The van der Waals surface area contributed by atoms with Crippen molar-refractivity contribution >= 4 is 51.8 Å². The summed E-state index contributed by atoms with van der Waals surface area (Å²) in [7, 11) is 0. The number of rotatable bonds is 7. The average molecular weight is 658 g/mol. The summed E-state index contributed by atoms with van der Waals surface area (Å²) in [6, 6.07) is 38.5. The van der Waals surface area contributed by atoms with Crippen molar-refractivity contribution in [3.8, 4) is 17.0 Å². The number of carbonyl (C=O) groups is 2. The van der Waals surface area contributed by atoms with E-state index in [4.69, 9.17) is 0 Å². The van der Waals surface area contributed by atoms with Crippen LogP contribution in [0.4, 0.5) is 11.4 Å². The predicted molar refractivity (Wildman–Crippen MR) is 197 cm³/mol. The van der Waals surface area contributed by atoms with Gasteiger partial charge in [0.15, 0.2) is 0 Å². The molecule has 0 saturated carbocycles. The maximum Gasteiger partial charge on any atom is 0.282 e. The van der Waals surface area contributed by atoms with Crippen molar-refractivity contribution in [1.82, 2.24) is 10.4 Å². The molecule has 0 aliphatic carbocycles. The number of H-pyrrole nitrogens is 1. The Kier molecular flexibility index (Phi) is 8.64. The molecule has 2 heterocycles. The molecular weight excluding hydrogens is 626 g/mol. The SMILES string of the molecule is CC1=N/C(=C\c2c(-c3ccccc3)[nH]c3ccccc23)C(=O)N1c1ccc(C(=O)N/N=C(/N=Nc2ccccc2C)c2ccccc2O)cc1. The number of hydrazone groups is 1. The standard InChI is InChI=1S/C40H31N7O3/c1-25-12-6-9-17-33(25)43-44-38(31-16-8-11-19-36(31)48)45-46-39(49)28-20-22-29(23-21-28)47-26(2)41-35(40(47)50)24-32-30-15-7-10-18-34(30)42-37(32)27-13-4-3-5-14-27/h3-24,42,48H,1-2H3,(H,46,49)/b35-24-,44-43?,45-38+. The molecule has 10 nitrogen and oxygen atoms in total. The first-order valence-electron chi connectivity index (χ1n) is 15.9. The van der Waals surface area contributed by atoms with Gasteiger partial charge in [-0.05, 0) is 79.6 Å². The fourth-order valence-electron chi connectivity index (χ4n) is 5.72. The number of aromatic nitrogens is 1. The summed E-state index contributed by atoms with van der Waals surface area (Å²) in [6.45, 7) is 3.68. The number of azo groups is 1. The van der Waals surface area contributed by atoms with Crippen molar-refractivity contribution in [3.63, 3.8) is 0 Å². The maximum atomic E-state index is 13.8. The number of aryl methyl sites for hydroxylation is 1. The van der Waals surface area contributed by atoms with Crippen LogP contribution >= 0.6 is 0 Å². The first kappa shape index (κ1) is 31.6. The first-order chi connectivity index (χ1) is 24.4. The lowest BCUT2D eigenvalue weighted by Crippen LogP contribution is -2.30. The molecule has 0 radical (unpaired) electrons. The number of anilines is 1. The molecule has 0 unspecified atom stereocenters. The number of nitrogens with zero attached hydrogens (tertiary/aromatic N) is 5. The molecule has 0 bridgehead atoms. The van der Waals surface area contributed by atoms with Crippen LogP contribution < -0.4 is 10.3 Å². The van der Waals surface area contributed by atoms with Crippen molar-refractivity contribution in [1.29, 1.82) is 0 Å². The number of carbonyl (C=O) groups excluding carboxylic acids is 2. The molecule has 1 aromatic heterocycles. The Morgan fingerprint density at radius 2 is 1.54 bits per heavy atom. The summed E-state index contributed by atoms with van der Waals surface area (Å²) in [5.41, 5.74) is 9.25. The Morgan fingerprint density at radius 1 is 0.840 bits per heavy atom. The van der Waals surface area contributed by atoms with Gasteiger partial charge in [0.25, 0.3) is 11.8 Å². The number of hydrogen-bond acceptors (Lipinski definition) is 6. The molecule has 0 saturated heterocycles. The number of phenolic OH excluding ortho intramolecular Hbond substituents is 1. The van der Waals surface area contributed by atoms with Gasteiger partial charge in [-0.1, -0.05) is 78.9 Å². The Morgan fingerprint density at radius 3 is 2.32 bits per heavy atom. The quantitative estimate of drug-likeness (QED) is 0.0522. The number of para-hydroxylation sites is 2. The number of amides is 2. The number of aromatic hydroxyl groups is 1. The monoisotopic (exact) mass is 657 g/mol. The Labute approximate surface area is 287 Å². The third-order valence-corrected chi connectivity index (χ3v) is 8.28. The second kappa shape index (κ2) is 13.7. The highest BCUT2D eigenvalue weighted by molar-refractivity contribution is 6.28. The van der Waals surface area contributed by atoms with E-state index < -0.39 is 5.91 Å². The molecule has 244 valence electrons. The molecule has 2 amide bonds. The zero-order valence-corrected chi connectivity index (χ0v) is 27.2. The van der Waals surface area contributed by atoms with E-state index in [0.29, 0.717) is 34.0 Å². The van der Waals surface area contributed by atoms with E-state index in [1.165, 1.54) is 11.0 Å². The molecule has 1 aliphatic rings. The third-order valence-electron chi connectivity index (χ3n) is 8.28. The van der Waals surface area contributed by atoms with Gasteiger partial charge in [-0.2, -0.15) is 0 Å². The third kappa shape index (κ3) is 6.33. The normalized spacial score (nSPS) is 14.2. The summed E-state index contributed by atoms with van der Waals surface area (Å²) < 4.78 is 0. The van der Waals surface area contributed by atoms with Crippen molar-refractivity contribution in [2.24, 2.45) is 20.3 Å². The van der Waals surface area contributed by atoms with E-state index in [1.807, 2.05) is 91.9 Å². The molecule has 0 atom stereocenters. The minimum absolute atomic E-state index is 0.0239. The summed E-state index contributed by atoms with van der Waals surface area (Å²) in [4.78, 5) is 36.6. The fraction of sp³-hybridized carbons (Fsp3) is 0.0500. The molecular formula is C40H31N7O3.